The Kier molecular flexibility index (Phi) is 4.43. The Labute approximate surface area is 122 Å². The number of halogens is 1. The quantitative estimate of drug-likeness (QED) is 0.936. The van der Waals surface area contributed by atoms with Crippen LogP contribution in [0.2, 0.25) is 5.02 Å². The zero-order valence-corrected chi connectivity index (χ0v) is 11.8. The lowest BCUT2D eigenvalue weighted by Crippen LogP contribution is -1.99. The molecule has 19 heavy (non-hydrogen) atoms. The molecule has 7 heteroatoms. The van der Waals surface area contributed by atoms with E-state index in [4.69, 9.17) is 22.0 Å². The van der Waals surface area contributed by atoms with Crippen LogP contribution in [0.1, 0.15) is 11.3 Å². The molecule has 0 fully saturated rings. The second-order valence-corrected chi connectivity index (χ2v) is 6.11. The van der Waals surface area contributed by atoms with Crippen LogP contribution in [0.4, 0.5) is 0 Å². The van der Waals surface area contributed by atoms with Crippen LogP contribution < -0.4 is 0 Å². The van der Waals surface area contributed by atoms with Gasteiger partial charge in [0.15, 0.2) is 4.34 Å². The first-order chi connectivity index (χ1) is 9.08. The largest absolute Gasteiger partial charge is 0.481 e. The van der Waals surface area contributed by atoms with E-state index in [2.05, 4.69) is 11.1 Å². The molecule has 0 aliphatic carbocycles. The topological polar surface area (TPSA) is 74.0 Å². The lowest BCUT2D eigenvalue weighted by atomic mass is 10.2. The standard InChI is InChI=1S/C12H7ClN2O2S2/c13-8-1-2-10(7(3-8)5-14)19-12-15-9(6-18-12)4-11(16)17/h1-3,6H,4H2,(H,16,17). The second kappa shape index (κ2) is 6.06. The average Bonchev–Trinajstić information content (AvgIpc) is 2.78. The molecule has 0 radical (unpaired) electrons. The molecule has 1 aromatic heterocycles. The van der Waals surface area contributed by atoms with Crippen LogP contribution in [0.5, 0.6) is 0 Å². The summed E-state index contributed by atoms with van der Waals surface area (Å²) in [7, 11) is 0. The molecule has 4 nitrogen and oxygen atoms in total. The lowest BCUT2D eigenvalue weighted by Gasteiger charge is -2.01. The molecule has 96 valence electrons. The number of aromatic nitrogens is 1. The highest BCUT2D eigenvalue weighted by molar-refractivity contribution is 8.01. The van der Waals surface area contributed by atoms with Crippen molar-refractivity contribution in [1.29, 1.82) is 5.26 Å². The molecule has 0 bridgehead atoms. The molecule has 0 spiro atoms. The molecule has 0 atom stereocenters. The molecule has 0 amide bonds. The summed E-state index contributed by atoms with van der Waals surface area (Å²) < 4.78 is 0.704. The van der Waals surface area contributed by atoms with Crippen molar-refractivity contribution in [2.45, 2.75) is 15.7 Å². The first-order valence-corrected chi connectivity index (χ1v) is 7.19. The number of thiazole rings is 1. The minimum absolute atomic E-state index is 0.0945. The zero-order chi connectivity index (χ0) is 13.8. The van der Waals surface area contributed by atoms with Gasteiger partial charge in [-0.2, -0.15) is 5.26 Å². The van der Waals surface area contributed by atoms with Crippen molar-refractivity contribution in [3.63, 3.8) is 0 Å². The summed E-state index contributed by atoms with van der Waals surface area (Å²) in [5, 5.41) is 19.9. The van der Waals surface area contributed by atoms with Crippen molar-refractivity contribution < 1.29 is 9.90 Å². The van der Waals surface area contributed by atoms with Crippen molar-refractivity contribution in [2.75, 3.05) is 0 Å². The maximum absolute atomic E-state index is 10.6. The number of rotatable bonds is 4. The molecule has 0 unspecified atom stereocenters. The van der Waals surface area contributed by atoms with Gasteiger partial charge < -0.3 is 5.11 Å². The van der Waals surface area contributed by atoms with Gasteiger partial charge in [-0.05, 0) is 18.2 Å². The fourth-order valence-electron chi connectivity index (χ4n) is 1.34. The highest BCUT2D eigenvalue weighted by Gasteiger charge is 2.10. The van der Waals surface area contributed by atoms with E-state index in [1.165, 1.54) is 23.1 Å². The summed E-state index contributed by atoms with van der Waals surface area (Å²) in [4.78, 5) is 15.5. The third-order valence-electron chi connectivity index (χ3n) is 2.12. The van der Waals surface area contributed by atoms with Crippen LogP contribution >= 0.6 is 34.7 Å². The Bertz CT molecular complexity index is 664. The summed E-state index contributed by atoms with van der Waals surface area (Å²) in [6.07, 6.45) is -0.0945. The predicted octanol–water partition coefficient (Wildman–Crippen LogP) is 3.45. The van der Waals surface area contributed by atoms with Gasteiger partial charge in [0.1, 0.15) is 6.07 Å². The summed E-state index contributed by atoms with van der Waals surface area (Å²) in [6, 6.07) is 7.12. The number of hydrogen-bond donors (Lipinski definition) is 1. The fraction of sp³-hybridized carbons (Fsp3) is 0.0833. The molecule has 1 N–H and O–H groups in total. The normalized spacial score (nSPS) is 10.1. The van der Waals surface area contributed by atoms with Crippen LogP contribution in [-0.4, -0.2) is 16.1 Å². The monoisotopic (exact) mass is 310 g/mol. The Hall–Kier alpha value is -1.55. The highest BCUT2D eigenvalue weighted by atomic mass is 35.5. The maximum Gasteiger partial charge on any atom is 0.309 e. The number of hydrogen-bond acceptors (Lipinski definition) is 5. The van der Waals surface area contributed by atoms with Gasteiger partial charge in [-0.1, -0.05) is 23.4 Å². The van der Waals surface area contributed by atoms with E-state index >= 15 is 0 Å². The van der Waals surface area contributed by atoms with Crippen LogP contribution in [0.25, 0.3) is 0 Å². The van der Waals surface area contributed by atoms with Crippen LogP contribution in [0, 0.1) is 11.3 Å². The van der Waals surface area contributed by atoms with Gasteiger partial charge in [0.2, 0.25) is 0 Å². The molecule has 2 rings (SSSR count). The summed E-state index contributed by atoms with van der Waals surface area (Å²) in [6.45, 7) is 0. The summed E-state index contributed by atoms with van der Waals surface area (Å²) in [5.74, 6) is -0.911. The Morgan fingerprint density at radius 1 is 1.58 bits per heavy atom. The SMILES string of the molecule is N#Cc1cc(Cl)ccc1Sc1nc(CC(=O)O)cs1. The maximum atomic E-state index is 10.6. The van der Waals surface area contributed by atoms with Crippen molar-refractivity contribution >= 4 is 40.7 Å². The molecule has 0 aliphatic heterocycles. The molecular formula is C12H7ClN2O2S2. The predicted molar refractivity (Wildman–Crippen MR) is 73.7 cm³/mol. The Balaban J connectivity index is 2.20. The minimum Gasteiger partial charge on any atom is -0.481 e. The molecular weight excluding hydrogens is 304 g/mol. The number of carboxylic acids is 1. The number of aliphatic carboxylic acids is 1. The van der Waals surface area contributed by atoms with Crippen molar-refractivity contribution in [3.05, 3.63) is 39.9 Å². The number of carboxylic acid groups (broad SMARTS) is 1. The van der Waals surface area contributed by atoms with Gasteiger partial charge in [-0.3, -0.25) is 4.79 Å². The minimum atomic E-state index is -0.911. The van der Waals surface area contributed by atoms with E-state index in [9.17, 15) is 4.79 Å². The summed E-state index contributed by atoms with van der Waals surface area (Å²) >= 11 is 8.51. The summed E-state index contributed by atoms with van der Waals surface area (Å²) in [5.41, 5.74) is 1.000. The average molecular weight is 311 g/mol. The molecule has 0 aliphatic rings. The zero-order valence-electron chi connectivity index (χ0n) is 9.46. The fourth-order valence-corrected chi connectivity index (χ4v) is 3.37. The molecule has 0 saturated carbocycles. The smallest absolute Gasteiger partial charge is 0.309 e. The van der Waals surface area contributed by atoms with E-state index in [0.717, 1.165) is 4.90 Å². The van der Waals surface area contributed by atoms with Gasteiger partial charge in [-0.25, -0.2) is 4.98 Å². The number of nitrogens with zero attached hydrogens (tertiary/aromatic N) is 2. The molecule has 1 heterocycles. The Morgan fingerprint density at radius 2 is 2.37 bits per heavy atom. The van der Waals surface area contributed by atoms with Crippen LogP contribution in [0.3, 0.4) is 0 Å². The number of carbonyl (C=O) groups is 1. The van der Waals surface area contributed by atoms with Crippen molar-refractivity contribution in [3.8, 4) is 6.07 Å². The third kappa shape index (κ3) is 3.70. The van der Waals surface area contributed by atoms with Crippen LogP contribution in [-0.2, 0) is 11.2 Å². The second-order valence-electron chi connectivity index (χ2n) is 3.53. The van der Waals surface area contributed by atoms with Gasteiger partial charge in [0, 0.05) is 15.3 Å². The van der Waals surface area contributed by atoms with Gasteiger partial charge in [0.25, 0.3) is 0 Å². The first-order valence-electron chi connectivity index (χ1n) is 5.12. The molecule has 1 aromatic carbocycles. The van der Waals surface area contributed by atoms with Crippen molar-refractivity contribution in [2.24, 2.45) is 0 Å². The first kappa shape index (κ1) is 13.9. The molecule has 2 aromatic rings. The van der Waals surface area contributed by atoms with Gasteiger partial charge in [0.05, 0.1) is 17.7 Å². The van der Waals surface area contributed by atoms with E-state index in [-0.39, 0.29) is 6.42 Å². The number of nitriles is 1. The van der Waals surface area contributed by atoms with E-state index in [1.807, 2.05) is 0 Å². The van der Waals surface area contributed by atoms with E-state index in [1.54, 1.807) is 23.6 Å². The third-order valence-corrected chi connectivity index (χ3v) is 4.42. The van der Waals surface area contributed by atoms with E-state index in [0.29, 0.717) is 20.6 Å². The molecule has 0 saturated heterocycles. The van der Waals surface area contributed by atoms with E-state index < -0.39 is 5.97 Å². The van der Waals surface area contributed by atoms with Crippen LogP contribution in [0.15, 0.2) is 32.8 Å². The van der Waals surface area contributed by atoms with Gasteiger partial charge in [-0.15, -0.1) is 11.3 Å². The Morgan fingerprint density at radius 3 is 3.05 bits per heavy atom. The highest BCUT2D eigenvalue weighted by Crippen LogP contribution is 2.33. The van der Waals surface area contributed by atoms with Gasteiger partial charge >= 0.3 is 5.97 Å². The lowest BCUT2D eigenvalue weighted by molar-refractivity contribution is -0.136. The number of benzene rings is 1. The van der Waals surface area contributed by atoms with Crippen molar-refractivity contribution in [1.82, 2.24) is 4.98 Å².